The van der Waals surface area contributed by atoms with E-state index >= 15 is 0 Å². The van der Waals surface area contributed by atoms with Crippen LogP contribution in [-0.4, -0.2) is 29.3 Å². The monoisotopic (exact) mass is 409 g/mol. The molecule has 7 heteroatoms. The topological polar surface area (TPSA) is 86.5 Å². The average Bonchev–Trinajstić information content (AvgIpc) is 3.18. The molecule has 0 aliphatic heterocycles. The number of rotatable bonds is 9. The van der Waals surface area contributed by atoms with Crippen LogP contribution in [0.25, 0.3) is 11.5 Å². The van der Waals surface area contributed by atoms with Crippen LogP contribution in [-0.2, 0) is 11.2 Å². The molecule has 158 valence electrons. The Hall–Kier alpha value is -3.35. The molecule has 0 fully saturated rings. The van der Waals surface area contributed by atoms with E-state index < -0.39 is 0 Å². The number of amides is 1. The molecule has 0 saturated carbocycles. The SMILES string of the molecule is CCOc1ccc(-c2nnc(NC(=O)Cc3ccc(C(C)C)cc3)o2)cc1OCC. The maximum atomic E-state index is 12.3. The Balaban J connectivity index is 1.67. The van der Waals surface area contributed by atoms with E-state index in [1.165, 1.54) is 5.56 Å². The second-order valence-electron chi connectivity index (χ2n) is 7.06. The van der Waals surface area contributed by atoms with Gasteiger partial charge in [-0.25, -0.2) is 0 Å². The quantitative estimate of drug-likeness (QED) is 0.544. The van der Waals surface area contributed by atoms with Gasteiger partial charge in [0.1, 0.15) is 0 Å². The van der Waals surface area contributed by atoms with Gasteiger partial charge in [0.15, 0.2) is 11.5 Å². The van der Waals surface area contributed by atoms with E-state index in [4.69, 9.17) is 13.9 Å². The van der Waals surface area contributed by atoms with E-state index in [0.29, 0.717) is 36.2 Å². The first-order valence-corrected chi connectivity index (χ1v) is 10.1. The molecule has 30 heavy (non-hydrogen) atoms. The molecule has 0 unspecified atom stereocenters. The van der Waals surface area contributed by atoms with Gasteiger partial charge in [0, 0.05) is 5.56 Å². The molecule has 0 radical (unpaired) electrons. The lowest BCUT2D eigenvalue weighted by Crippen LogP contribution is -2.14. The lowest BCUT2D eigenvalue weighted by molar-refractivity contribution is -0.115. The van der Waals surface area contributed by atoms with E-state index in [-0.39, 0.29) is 24.2 Å². The van der Waals surface area contributed by atoms with Crippen molar-refractivity contribution in [1.82, 2.24) is 10.2 Å². The summed E-state index contributed by atoms with van der Waals surface area (Å²) in [6.45, 7) is 9.13. The molecule has 1 aromatic heterocycles. The normalized spacial score (nSPS) is 10.8. The average molecular weight is 409 g/mol. The van der Waals surface area contributed by atoms with Crippen molar-refractivity contribution in [3.63, 3.8) is 0 Å². The lowest BCUT2D eigenvalue weighted by Gasteiger charge is -2.11. The molecule has 0 atom stereocenters. The number of hydrogen-bond donors (Lipinski definition) is 1. The summed E-state index contributed by atoms with van der Waals surface area (Å²) in [6, 6.07) is 13.5. The number of nitrogens with zero attached hydrogens (tertiary/aromatic N) is 2. The summed E-state index contributed by atoms with van der Waals surface area (Å²) in [6.07, 6.45) is 0.230. The molecule has 0 saturated heterocycles. The summed E-state index contributed by atoms with van der Waals surface area (Å²) in [5, 5.41) is 10.6. The molecule has 7 nitrogen and oxygen atoms in total. The number of benzene rings is 2. The van der Waals surface area contributed by atoms with Crippen molar-refractivity contribution in [3.05, 3.63) is 53.6 Å². The van der Waals surface area contributed by atoms with Crippen molar-refractivity contribution in [2.24, 2.45) is 0 Å². The molecule has 0 aliphatic rings. The molecule has 0 spiro atoms. The number of hydrogen-bond acceptors (Lipinski definition) is 6. The molecule has 1 heterocycles. The van der Waals surface area contributed by atoms with Crippen LogP contribution in [0.1, 0.15) is 44.7 Å². The molecule has 1 amide bonds. The third-order valence-electron chi connectivity index (χ3n) is 4.47. The molecular formula is C23H27N3O4. The Morgan fingerprint density at radius 3 is 2.37 bits per heavy atom. The molecule has 0 aliphatic carbocycles. The van der Waals surface area contributed by atoms with Gasteiger partial charge in [-0.3, -0.25) is 10.1 Å². The van der Waals surface area contributed by atoms with E-state index in [9.17, 15) is 4.79 Å². The number of carbonyl (C=O) groups excluding carboxylic acids is 1. The summed E-state index contributed by atoms with van der Waals surface area (Å²) in [5.74, 6) is 1.78. The van der Waals surface area contributed by atoms with Gasteiger partial charge in [0.05, 0.1) is 19.6 Å². The fraction of sp³-hybridized carbons (Fsp3) is 0.348. The van der Waals surface area contributed by atoms with Gasteiger partial charge in [0.2, 0.25) is 11.8 Å². The zero-order valence-corrected chi connectivity index (χ0v) is 17.8. The number of ether oxygens (including phenoxy) is 2. The van der Waals surface area contributed by atoms with Crippen LogP contribution in [0.2, 0.25) is 0 Å². The molecule has 3 rings (SSSR count). The maximum Gasteiger partial charge on any atom is 0.322 e. The van der Waals surface area contributed by atoms with Crippen LogP contribution in [0.15, 0.2) is 46.9 Å². The van der Waals surface area contributed by atoms with Crippen molar-refractivity contribution in [2.75, 3.05) is 18.5 Å². The van der Waals surface area contributed by atoms with E-state index in [1.807, 2.05) is 44.2 Å². The minimum Gasteiger partial charge on any atom is -0.490 e. The highest BCUT2D eigenvalue weighted by Crippen LogP contribution is 2.32. The van der Waals surface area contributed by atoms with Gasteiger partial charge < -0.3 is 13.9 Å². The van der Waals surface area contributed by atoms with Crippen LogP contribution < -0.4 is 14.8 Å². The fourth-order valence-corrected chi connectivity index (χ4v) is 2.94. The second kappa shape index (κ2) is 9.91. The summed E-state index contributed by atoms with van der Waals surface area (Å²) in [7, 11) is 0. The summed E-state index contributed by atoms with van der Waals surface area (Å²) in [4.78, 5) is 12.3. The van der Waals surface area contributed by atoms with Crippen LogP contribution in [0.3, 0.4) is 0 Å². The van der Waals surface area contributed by atoms with Crippen molar-refractivity contribution in [2.45, 2.75) is 40.0 Å². The van der Waals surface area contributed by atoms with E-state index in [1.54, 1.807) is 12.1 Å². The van der Waals surface area contributed by atoms with Crippen molar-refractivity contribution < 1.29 is 18.7 Å². The smallest absolute Gasteiger partial charge is 0.322 e. The van der Waals surface area contributed by atoms with Gasteiger partial charge in [-0.1, -0.05) is 43.2 Å². The highest BCUT2D eigenvalue weighted by molar-refractivity contribution is 5.90. The summed E-state index contributed by atoms with van der Waals surface area (Å²) in [5.41, 5.74) is 2.84. The summed E-state index contributed by atoms with van der Waals surface area (Å²) < 4.78 is 16.8. The Labute approximate surface area is 176 Å². The maximum absolute atomic E-state index is 12.3. The van der Waals surface area contributed by atoms with Gasteiger partial charge in [-0.05, 0) is 49.1 Å². The minimum atomic E-state index is -0.218. The molecule has 3 aromatic rings. The molecule has 0 bridgehead atoms. The second-order valence-corrected chi connectivity index (χ2v) is 7.06. The van der Waals surface area contributed by atoms with Gasteiger partial charge in [-0.15, -0.1) is 5.10 Å². The first kappa shape index (κ1) is 21.4. The third kappa shape index (κ3) is 5.37. The van der Waals surface area contributed by atoms with Crippen LogP contribution in [0, 0.1) is 0 Å². The van der Waals surface area contributed by atoms with E-state index in [0.717, 1.165) is 5.56 Å². The number of aromatic nitrogens is 2. The first-order valence-electron chi connectivity index (χ1n) is 10.1. The lowest BCUT2D eigenvalue weighted by atomic mass is 10.0. The molecule has 1 N–H and O–H groups in total. The van der Waals surface area contributed by atoms with Crippen molar-refractivity contribution in [1.29, 1.82) is 0 Å². The van der Waals surface area contributed by atoms with Crippen LogP contribution in [0.5, 0.6) is 11.5 Å². The minimum absolute atomic E-state index is 0.0562. The van der Waals surface area contributed by atoms with Crippen LogP contribution >= 0.6 is 0 Å². The standard InChI is InChI=1S/C23H27N3O4/c1-5-28-19-12-11-18(14-20(19)29-6-2)22-25-26-23(30-22)24-21(27)13-16-7-9-17(10-8-16)15(3)4/h7-12,14-15H,5-6,13H2,1-4H3,(H,24,26,27). The largest absolute Gasteiger partial charge is 0.490 e. The van der Waals surface area contributed by atoms with Gasteiger partial charge in [-0.2, -0.15) is 0 Å². The van der Waals surface area contributed by atoms with Gasteiger partial charge in [0.25, 0.3) is 0 Å². The Bertz CT molecular complexity index is 980. The van der Waals surface area contributed by atoms with Crippen LogP contribution in [0.4, 0.5) is 6.01 Å². The van der Waals surface area contributed by atoms with Gasteiger partial charge >= 0.3 is 6.01 Å². The fourth-order valence-electron chi connectivity index (χ4n) is 2.94. The predicted octanol–water partition coefficient (Wildman–Crippen LogP) is 4.84. The highest BCUT2D eigenvalue weighted by atomic mass is 16.5. The molecular weight excluding hydrogens is 382 g/mol. The van der Waals surface area contributed by atoms with Crippen molar-refractivity contribution >= 4 is 11.9 Å². The number of anilines is 1. The van der Waals surface area contributed by atoms with Crippen molar-refractivity contribution in [3.8, 4) is 23.0 Å². The first-order chi connectivity index (χ1) is 14.5. The summed E-state index contributed by atoms with van der Waals surface area (Å²) >= 11 is 0. The predicted molar refractivity (Wildman–Crippen MR) is 115 cm³/mol. The Morgan fingerprint density at radius 2 is 1.70 bits per heavy atom. The highest BCUT2D eigenvalue weighted by Gasteiger charge is 2.14. The molecule has 2 aromatic carbocycles. The Kier molecular flexibility index (Phi) is 7.06. The number of carbonyl (C=O) groups is 1. The number of nitrogens with one attached hydrogen (secondary N) is 1. The zero-order valence-electron chi connectivity index (χ0n) is 17.8. The van der Waals surface area contributed by atoms with E-state index in [2.05, 4.69) is 29.4 Å². The zero-order chi connectivity index (χ0) is 21.5. The Morgan fingerprint density at radius 1 is 1.00 bits per heavy atom. The third-order valence-corrected chi connectivity index (χ3v) is 4.47.